The molecule has 0 N–H and O–H groups in total. The average Bonchev–Trinajstić information content (AvgIpc) is 2.57. The smallest absolute Gasteiger partial charge is 0.164 e. The summed E-state index contributed by atoms with van der Waals surface area (Å²) in [6.07, 6.45) is 2.45. The fourth-order valence-corrected chi connectivity index (χ4v) is 3.00. The molecule has 0 spiro atoms. The second kappa shape index (κ2) is 7.53. The highest BCUT2D eigenvalue weighted by Gasteiger charge is 2.21. The van der Waals surface area contributed by atoms with Gasteiger partial charge in [0.15, 0.2) is 5.78 Å². The molecule has 2 aliphatic rings. The number of carbonyl (C=O) groups excluding carboxylic acids is 2. The number of allylic oxidation sites excluding steroid dienone is 1. The summed E-state index contributed by atoms with van der Waals surface area (Å²) in [5.74, 6) is 0.789. The van der Waals surface area contributed by atoms with Crippen LogP contribution >= 0.6 is 0 Å². The van der Waals surface area contributed by atoms with Crippen LogP contribution in [0, 0.1) is 6.92 Å². The summed E-state index contributed by atoms with van der Waals surface area (Å²) in [6.45, 7) is 4.74. The SMILES string of the molecule is Cc1ccccc1CC(=O)CC1=NC(N2CCOCC2)=CC(=O)C1. The molecule has 0 atom stereocenters. The summed E-state index contributed by atoms with van der Waals surface area (Å²) in [5.41, 5.74) is 2.82. The average molecular weight is 326 g/mol. The Labute approximate surface area is 142 Å². The zero-order valence-electron chi connectivity index (χ0n) is 14.0. The number of morpholine rings is 1. The van der Waals surface area contributed by atoms with Gasteiger partial charge in [-0.3, -0.25) is 9.59 Å². The third kappa shape index (κ3) is 4.17. The summed E-state index contributed by atoms with van der Waals surface area (Å²) in [5, 5.41) is 0. The maximum absolute atomic E-state index is 12.4. The molecule has 1 fully saturated rings. The van der Waals surface area contributed by atoms with Crippen LogP contribution < -0.4 is 0 Å². The van der Waals surface area contributed by atoms with Crippen molar-refractivity contribution in [3.8, 4) is 0 Å². The number of aryl methyl sites for hydroxylation is 1. The highest BCUT2D eigenvalue weighted by atomic mass is 16.5. The van der Waals surface area contributed by atoms with Gasteiger partial charge in [0, 0.05) is 44.1 Å². The molecule has 5 nitrogen and oxygen atoms in total. The second-order valence-electron chi connectivity index (χ2n) is 6.24. The van der Waals surface area contributed by atoms with Gasteiger partial charge in [-0.15, -0.1) is 0 Å². The predicted octanol–water partition coefficient (Wildman–Crippen LogP) is 2.08. The number of rotatable bonds is 5. The molecule has 2 aliphatic heterocycles. The summed E-state index contributed by atoms with van der Waals surface area (Å²) in [4.78, 5) is 31.0. The van der Waals surface area contributed by atoms with Crippen LogP contribution in [0.4, 0.5) is 0 Å². The van der Waals surface area contributed by atoms with E-state index in [4.69, 9.17) is 4.74 Å². The Kier molecular flexibility index (Phi) is 5.20. The summed E-state index contributed by atoms with van der Waals surface area (Å²) in [6, 6.07) is 7.88. The Morgan fingerprint density at radius 3 is 2.71 bits per heavy atom. The number of hydrogen-bond donors (Lipinski definition) is 0. The quantitative estimate of drug-likeness (QED) is 0.831. The molecule has 1 aromatic rings. The standard InChI is InChI=1S/C19H22N2O3/c1-14-4-2-3-5-15(14)10-17(22)11-16-12-18(23)13-19(20-16)21-6-8-24-9-7-21/h2-5,13H,6-12H2,1H3. The zero-order valence-corrected chi connectivity index (χ0v) is 14.0. The molecule has 0 unspecified atom stereocenters. The monoisotopic (exact) mass is 326 g/mol. The van der Waals surface area contributed by atoms with Crippen LogP contribution in [0.3, 0.4) is 0 Å². The van der Waals surface area contributed by atoms with E-state index in [0.29, 0.717) is 31.2 Å². The van der Waals surface area contributed by atoms with Crippen molar-refractivity contribution in [3.05, 3.63) is 47.3 Å². The Morgan fingerprint density at radius 2 is 1.96 bits per heavy atom. The van der Waals surface area contributed by atoms with Crippen LogP contribution in [-0.2, 0) is 20.7 Å². The summed E-state index contributed by atoms with van der Waals surface area (Å²) >= 11 is 0. The molecule has 0 bridgehead atoms. The number of hydrogen-bond acceptors (Lipinski definition) is 5. The molecule has 3 rings (SSSR count). The lowest BCUT2D eigenvalue weighted by atomic mass is 9.98. The number of aliphatic imine (C=N–C) groups is 1. The summed E-state index contributed by atoms with van der Waals surface area (Å²) in [7, 11) is 0. The van der Waals surface area contributed by atoms with E-state index in [0.717, 1.165) is 24.2 Å². The Hall–Kier alpha value is -2.27. The third-order valence-electron chi connectivity index (χ3n) is 4.33. The molecule has 5 heteroatoms. The van der Waals surface area contributed by atoms with Crippen molar-refractivity contribution in [2.45, 2.75) is 26.2 Å². The molecule has 126 valence electrons. The van der Waals surface area contributed by atoms with Crippen LogP contribution in [0.1, 0.15) is 24.0 Å². The number of Topliss-reactive ketones (excluding diaryl/α,β-unsaturated/α-hetero) is 1. The lowest BCUT2D eigenvalue weighted by Gasteiger charge is -2.30. The van der Waals surface area contributed by atoms with Crippen molar-refractivity contribution in [3.63, 3.8) is 0 Å². The van der Waals surface area contributed by atoms with Crippen LogP contribution in [0.25, 0.3) is 0 Å². The highest BCUT2D eigenvalue weighted by molar-refractivity contribution is 6.14. The van der Waals surface area contributed by atoms with Crippen molar-refractivity contribution in [2.24, 2.45) is 4.99 Å². The lowest BCUT2D eigenvalue weighted by Crippen LogP contribution is -2.36. The maximum Gasteiger partial charge on any atom is 0.164 e. The number of nitrogens with zero attached hydrogens (tertiary/aromatic N) is 2. The maximum atomic E-state index is 12.4. The first-order valence-electron chi connectivity index (χ1n) is 8.31. The van der Waals surface area contributed by atoms with Crippen molar-refractivity contribution >= 4 is 17.3 Å². The topological polar surface area (TPSA) is 59.0 Å². The van der Waals surface area contributed by atoms with E-state index in [-0.39, 0.29) is 24.4 Å². The molecular weight excluding hydrogens is 304 g/mol. The van der Waals surface area contributed by atoms with Crippen molar-refractivity contribution in [2.75, 3.05) is 26.3 Å². The normalized spacial score (nSPS) is 18.2. The first kappa shape index (κ1) is 16.6. The number of benzene rings is 1. The van der Waals surface area contributed by atoms with Crippen LogP contribution in [-0.4, -0.2) is 48.5 Å². The van der Waals surface area contributed by atoms with Gasteiger partial charge in [-0.05, 0) is 18.1 Å². The third-order valence-corrected chi connectivity index (χ3v) is 4.33. The van der Waals surface area contributed by atoms with E-state index >= 15 is 0 Å². The largest absolute Gasteiger partial charge is 0.378 e. The predicted molar refractivity (Wildman–Crippen MR) is 92.0 cm³/mol. The molecule has 0 radical (unpaired) electrons. The van der Waals surface area contributed by atoms with E-state index < -0.39 is 0 Å². The van der Waals surface area contributed by atoms with Gasteiger partial charge in [0.25, 0.3) is 0 Å². The molecule has 0 saturated carbocycles. The van der Waals surface area contributed by atoms with Gasteiger partial charge in [-0.1, -0.05) is 24.3 Å². The Bertz CT molecular complexity index is 700. The van der Waals surface area contributed by atoms with Gasteiger partial charge in [-0.25, -0.2) is 4.99 Å². The Morgan fingerprint density at radius 1 is 1.21 bits per heavy atom. The number of ether oxygens (including phenoxy) is 1. The van der Waals surface area contributed by atoms with E-state index in [1.165, 1.54) is 0 Å². The van der Waals surface area contributed by atoms with E-state index in [9.17, 15) is 9.59 Å². The molecule has 1 saturated heterocycles. The molecule has 2 heterocycles. The number of carbonyl (C=O) groups is 2. The van der Waals surface area contributed by atoms with Gasteiger partial charge in [0.2, 0.25) is 0 Å². The number of ketones is 2. The zero-order chi connectivity index (χ0) is 16.9. The minimum Gasteiger partial charge on any atom is -0.378 e. The molecule has 1 aromatic carbocycles. The van der Waals surface area contributed by atoms with E-state index in [1.54, 1.807) is 6.08 Å². The second-order valence-corrected chi connectivity index (χ2v) is 6.24. The summed E-state index contributed by atoms with van der Waals surface area (Å²) < 4.78 is 5.33. The van der Waals surface area contributed by atoms with E-state index in [1.807, 2.05) is 36.1 Å². The minimum absolute atomic E-state index is 0.0187. The van der Waals surface area contributed by atoms with Gasteiger partial charge in [0.05, 0.1) is 13.2 Å². The lowest BCUT2D eigenvalue weighted by molar-refractivity contribution is -0.117. The fourth-order valence-electron chi connectivity index (χ4n) is 3.00. The van der Waals surface area contributed by atoms with Gasteiger partial charge < -0.3 is 9.64 Å². The molecule has 0 aromatic heterocycles. The first-order valence-corrected chi connectivity index (χ1v) is 8.31. The van der Waals surface area contributed by atoms with Gasteiger partial charge in [0.1, 0.15) is 11.6 Å². The first-order chi connectivity index (χ1) is 11.6. The molecule has 24 heavy (non-hydrogen) atoms. The van der Waals surface area contributed by atoms with Gasteiger partial charge >= 0.3 is 0 Å². The molecule has 0 amide bonds. The van der Waals surface area contributed by atoms with Crippen molar-refractivity contribution < 1.29 is 14.3 Å². The van der Waals surface area contributed by atoms with E-state index in [2.05, 4.69) is 4.99 Å². The molecule has 0 aliphatic carbocycles. The molecular formula is C19H22N2O3. The highest BCUT2D eigenvalue weighted by Crippen LogP contribution is 2.17. The van der Waals surface area contributed by atoms with Crippen LogP contribution in [0.5, 0.6) is 0 Å². The van der Waals surface area contributed by atoms with Gasteiger partial charge in [-0.2, -0.15) is 0 Å². The minimum atomic E-state index is 0.0187. The van der Waals surface area contributed by atoms with Crippen molar-refractivity contribution in [1.82, 2.24) is 4.90 Å². The van der Waals surface area contributed by atoms with Crippen molar-refractivity contribution in [1.29, 1.82) is 0 Å². The van der Waals surface area contributed by atoms with Crippen LogP contribution in [0.2, 0.25) is 0 Å². The fraction of sp³-hybridized carbons (Fsp3) is 0.421. The van der Waals surface area contributed by atoms with Crippen LogP contribution in [0.15, 0.2) is 41.2 Å². The Balaban J connectivity index is 1.66.